The summed E-state index contributed by atoms with van der Waals surface area (Å²) in [6, 6.07) is 10.6. The van der Waals surface area contributed by atoms with Gasteiger partial charge in [0.25, 0.3) is 0 Å². The molecule has 10 heteroatoms. The van der Waals surface area contributed by atoms with Gasteiger partial charge >= 0.3 is 5.97 Å². The number of nitrogens with one attached hydrogen (secondary N) is 2. The second-order valence-electron chi connectivity index (χ2n) is 8.44. The Labute approximate surface area is 207 Å². The minimum Gasteiger partial charge on any atom is -0.481 e. The lowest BCUT2D eigenvalue weighted by Crippen LogP contribution is -2.01. The van der Waals surface area contributed by atoms with E-state index in [1.165, 1.54) is 36.7 Å². The number of rotatable bonds is 8. The number of fused-ring (bicyclic) bond motifs is 1. The van der Waals surface area contributed by atoms with Gasteiger partial charge < -0.3 is 19.8 Å². The first-order chi connectivity index (χ1) is 17.8. The van der Waals surface area contributed by atoms with Gasteiger partial charge in [0.05, 0.1) is 11.1 Å². The van der Waals surface area contributed by atoms with Crippen LogP contribution in [-0.4, -0.2) is 26.0 Å². The Morgan fingerprint density at radius 3 is 2.59 bits per heavy atom. The van der Waals surface area contributed by atoms with Crippen LogP contribution in [-0.2, 0) is 17.6 Å². The van der Waals surface area contributed by atoms with E-state index in [1.54, 1.807) is 12.1 Å². The summed E-state index contributed by atoms with van der Waals surface area (Å²) in [5.41, 5.74) is 1.88. The summed E-state index contributed by atoms with van der Waals surface area (Å²) in [4.78, 5) is 20.7. The monoisotopic (exact) mass is 509 g/mol. The maximum absolute atomic E-state index is 14.8. The van der Waals surface area contributed by atoms with Gasteiger partial charge in [0.1, 0.15) is 23.2 Å². The summed E-state index contributed by atoms with van der Waals surface area (Å²) < 4.78 is 63.4. The number of carbonyl (C=O) groups is 1. The molecule has 0 radical (unpaired) electrons. The minimum atomic E-state index is -1.02. The highest BCUT2D eigenvalue weighted by molar-refractivity contribution is 5.82. The summed E-state index contributed by atoms with van der Waals surface area (Å²) in [6.07, 6.45) is 3.13. The Balaban J connectivity index is 1.38. The van der Waals surface area contributed by atoms with Crippen LogP contribution in [0.2, 0.25) is 0 Å². The molecular weight excluding hydrogens is 490 g/mol. The van der Waals surface area contributed by atoms with E-state index in [0.29, 0.717) is 17.7 Å². The molecule has 2 heterocycles. The van der Waals surface area contributed by atoms with Crippen LogP contribution in [0, 0.1) is 23.3 Å². The Morgan fingerprint density at radius 2 is 1.78 bits per heavy atom. The van der Waals surface area contributed by atoms with E-state index in [2.05, 4.69) is 15.0 Å². The van der Waals surface area contributed by atoms with Crippen LogP contribution in [0.4, 0.5) is 17.6 Å². The molecule has 3 aromatic carbocycles. The van der Waals surface area contributed by atoms with Crippen molar-refractivity contribution < 1.29 is 32.2 Å². The molecule has 3 N–H and O–H groups in total. The van der Waals surface area contributed by atoms with E-state index in [-0.39, 0.29) is 46.4 Å². The second-order valence-corrected chi connectivity index (χ2v) is 8.44. The molecular formula is C27H19F4N3O3. The molecule has 0 unspecified atom stereocenters. The first-order valence-corrected chi connectivity index (χ1v) is 11.2. The van der Waals surface area contributed by atoms with Gasteiger partial charge in [0.15, 0.2) is 17.4 Å². The van der Waals surface area contributed by atoms with Crippen LogP contribution in [0.25, 0.3) is 22.3 Å². The standard InChI is InChI=1S/C27H19F4N3O3/c28-20-4-1-14(9-15(20)2-6-24(35)36)10-16-13-33-27(34-16)19-11-17(3-5-21(19)29)37-26-22(30)12-23-18(25(26)31)7-8-32-23/h1,3-5,7-9,11-13,32H,2,6,10H2,(H,33,34)(H,35,36). The number of imidazole rings is 1. The number of aliphatic carboxylic acids is 1. The molecule has 37 heavy (non-hydrogen) atoms. The molecule has 2 aromatic heterocycles. The fourth-order valence-corrected chi connectivity index (χ4v) is 4.05. The molecule has 0 aliphatic rings. The molecule has 0 bridgehead atoms. The minimum absolute atomic E-state index is 0.00337. The van der Waals surface area contributed by atoms with Crippen LogP contribution < -0.4 is 4.74 Å². The zero-order valence-corrected chi connectivity index (χ0v) is 19.1. The molecule has 5 aromatic rings. The van der Waals surface area contributed by atoms with Gasteiger partial charge in [-0.2, -0.15) is 0 Å². The molecule has 0 atom stereocenters. The fourth-order valence-electron chi connectivity index (χ4n) is 4.05. The molecule has 0 saturated heterocycles. The van der Waals surface area contributed by atoms with Crippen molar-refractivity contribution in [2.24, 2.45) is 0 Å². The molecule has 0 fully saturated rings. The number of H-pyrrole nitrogens is 2. The Hall–Kier alpha value is -4.60. The van der Waals surface area contributed by atoms with Crippen molar-refractivity contribution in [2.45, 2.75) is 19.3 Å². The van der Waals surface area contributed by atoms with Gasteiger partial charge in [-0.3, -0.25) is 4.79 Å². The van der Waals surface area contributed by atoms with Gasteiger partial charge in [-0.05, 0) is 47.9 Å². The number of carboxylic acids is 1. The maximum atomic E-state index is 14.8. The van der Waals surface area contributed by atoms with Gasteiger partial charge in [-0.1, -0.05) is 12.1 Å². The number of benzene rings is 3. The number of halogens is 4. The average Bonchev–Trinajstić information content (AvgIpc) is 3.52. The highest BCUT2D eigenvalue weighted by Crippen LogP contribution is 2.34. The number of carboxylic acid groups (broad SMARTS) is 1. The first kappa shape index (κ1) is 24.1. The summed E-state index contributed by atoms with van der Waals surface area (Å²) in [5.74, 6) is -4.39. The third-order valence-corrected chi connectivity index (χ3v) is 5.86. The van der Waals surface area contributed by atoms with E-state index in [4.69, 9.17) is 9.84 Å². The van der Waals surface area contributed by atoms with E-state index in [0.717, 1.165) is 12.1 Å². The van der Waals surface area contributed by atoms with Crippen LogP contribution in [0.5, 0.6) is 11.5 Å². The molecule has 0 spiro atoms. The van der Waals surface area contributed by atoms with Gasteiger partial charge in [0.2, 0.25) is 0 Å². The van der Waals surface area contributed by atoms with E-state index in [1.807, 2.05) is 0 Å². The third-order valence-electron chi connectivity index (χ3n) is 5.86. The number of aryl methyl sites for hydroxylation is 1. The Morgan fingerprint density at radius 1 is 0.973 bits per heavy atom. The van der Waals surface area contributed by atoms with Crippen molar-refractivity contribution in [3.8, 4) is 22.9 Å². The lowest BCUT2D eigenvalue weighted by molar-refractivity contribution is -0.136. The quantitative estimate of drug-likeness (QED) is 0.208. The van der Waals surface area contributed by atoms with Crippen molar-refractivity contribution in [3.05, 3.63) is 101 Å². The normalized spacial score (nSPS) is 11.2. The summed E-state index contributed by atoms with van der Waals surface area (Å²) in [6.45, 7) is 0. The van der Waals surface area contributed by atoms with Crippen molar-refractivity contribution in [2.75, 3.05) is 0 Å². The summed E-state index contributed by atoms with van der Waals surface area (Å²) in [5, 5.41) is 9.01. The molecule has 5 rings (SSSR count). The number of aromatic amines is 2. The largest absolute Gasteiger partial charge is 0.481 e. The van der Waals surface area contributed by atoms with E-state index in [9.17, 15) is 22.4 Å². The second kappa shape index (κ2) is 9.81. The highest BCUT2D eigenvalue weighted by atomic mass is 19.1. The van der Waals surface area contributed by atoms with Gasteiger partial charge in [-0.15, -0.1) is 0 Å². The van der Waals surface area contributed by atoms with E-state index >= 15 is 0 Å². The predicted molar refractivity (Wildman–Crippen MR) is 127 cm³/mol. The van der Waals surface area contributed by atoms with Crippen LogP contribution in [0.15, 0.2) is 60.9 Å². The topological polar surface area (TPSA) is 91.0 Å². The number of ether oxygens (including phenoxy) is 1. The fraction of sp³-hybridized carbons (Fsp3) is 0.111. The lowest BCUT2D eigenvalue weighted by atomic mass is 10.0. The third kappa shape index (κ3) is 5.04. The number of aromatic nitrogens is 3. The average molecular weight is 509 g/mol. The van der Waals surface area contributed by atoms with Crippen molar-refractivity contribution in [3.63, 3.8) is 0 Å². The first-order valence-electron chi connectivity index (χ1n) is 11.2. The number of hydrogen-bond acceptors (Lipinski definition) is 3. The van der Waals surface area contributed by atoms with Gasteiger partial charge in [-0.25, -0.2) is 22.5 Å². The van der Waals surface area contributed by atoms with Crippen LogP contribution in [0.1, 0.15) is 23.2 Å². The maximum Gasteiger partial charge on any atom is 0.303 e. The SMILES string of the molecule is O=C(O)CCc1cc(Cc2cnc(-c3cc(Oc4c(F)cc5[nH]ccc5c4F)ccc3F)[nH]2)ccc1F. The molecule has 6 nitrogen and oxygen atoms in total. The zero-order valence-electron chi connectivity index (χ0n) is 19.1. The van der Waals surface area contributed by atoms with Gasteiger partial charge in [0, 0.05) is 42.4 Å². The summed E-state index contributed by atoms with van der Waals surface area (Å²) >= 11 is 0. The number of hydrogen-bond donors (Lipinski definition) is 3. The molecule has 0 amide bonds. The zero-order chi connectivity index (χ0) is 26.1. The molecule has 0 saturated carbocycles. The predicted octanol–water partition coefficient (Wildman–Crippen LogP) is 6.51. The van der Waals surface area contributed by atoms with Crippen LogP contribution in [0.3, 0.4) is 0 Å². The number of nitrogens with zero attached hydrogens (tertiary/aromatic N) is 1. The highest BCUT2D eigenvalue weighted by Gasteiger charge is 2.18. The lowest BCUT2D eigenvalue weighted by Gasteiger charge is -2.10. The van der Waals surface area contributed by atoms with Crippen molar-refractivity contribution in [1.29, 1.82) is 0 Å². The Bertz CT molecular complexity index is 1630. The van der Waals surface area contributed by atoms with E-state index < -0.39 is 35.0 Å². The molecule has 0 aliphatic heterocycles. The Kier molecular flexibility index (Phi) is 6.39. The van der Waals surface area contributed by atoms with Crippen molar-refractivity contribution >= 4 is 16.9 Å². The molecule has 188 valence electrons. The molecule has 0 aliphatic carbocycles. The van der Waals surface area contributed by atoms with Crippen molar-refractivity contribution in [1.82, 2.24) is 15.0 Å². The smallest absolute Gasteiger partial charge is 0.303 e. The van der Waals surface area contributed by atoms with Crippen LogP contribution >= 0.6 is 0 Å². The summed E-state index contributed by atoms with van der Waals surface area (Å²) in [7, 11) is 0.